The lowest BCUT2D eigenvalue weighted by molar-refractivity contribution is -0.120. The molecule has 6 nitrogen and oxygen atoms in total. The molecule has 8 heteroatoms. The summed E-state index contributed by atoms with van der Waals surface area (Å²) >= 11 is 2.91. The molecule has 3 N–H and O–H groups in total. The molecule has 3 aromatic rings. The first-order valence-corrected chi connectivity index (χ1v) is 12.6. The van der Waals surface area contributed by atoms with Crippen molar-refractivity contribution in [3.63, 3.8) is 0 Å². The van der Waals surface area contributed by atoms with Gasteiger partial charge in [0.05, 0.1) is 17.7 Å². The van der Waals surface area contributed by atoms with Gasteiger partial charge in [-0.1, -0.05) is 55.5 Å². The number of thioether (sulfide) groups is 1. The number of carbonyl (C=O) groups excluding carboxylic acids is 1. The number of fused-ring (bicyclic) bond motifs is 1. The van der Waals surface area contributed by atoms with E-state index < -0.39 is 0 Å². The number of nitrogens with one attached hydrogen (secondary N) is 2. The third-order valence-electron chi connectivity index (χ3n) is 5.38. The van der Waals surface area contributed by atoms with Crippen molar-refractivity contribution in [2.24, 2.45) is 0 Å². The highest BCUT2D eigenvalue weighted by Gasteiger charge is 2.15. The van der Waals surface area contributed by atoms with E-state index in [-0.39, 0.29) is 21.3 Å². The Labute approximate surface area is 196 Å². The maximum atomic E-state index is 12.4. The molecule has 0 spiro atoms. The molecule has 1 amide bonds. The molecule has 0 aliphatic carbocycles. The molecule has 0 bridgehead atoms. The molecule has 0 atom stereocenters. The zero-order valence-corrected chi connectivity index (χ0v) is 20.3. The molecule has 1 aromatic heterocycles. The Morgan fingerprint density at radius 3 is 2.81 bits per heavy atom. The molecule has 0 fully saturated rings. The molecular weight excluding hydrogens is 444 g/mol. The van der Waals surface area contributed by atoms with Gasteiger partial charge in [0.25, 0.3) is 0 Å². The topological polar surface area (TPSA) is 91.4 Å². The number of carbonyl (C=O) groups is 1. The van der Waals surface area contributed by atoms with Crippen LogP contribution in [0.4, 0.5) is 0 Å². The second-order valence-electron chi connectivity index (χ2n) is 8.33. The van der Waals surface area contributed by atoms with E-state index >= 15 is 0 Å². The van der Waals surface area contributed by atoms with Gasteiger partial charge in [0.1, 0.15) is 11.3 Å². The van der Waals surface area contributed by atoms with Crippen molar-refractivity contribution in [2.75, 3.05) is 19.4 Å². The average molecular weight is 475 g/mol. The highest BCUT2D eigenvalue weighted by molar-refractivity contribution is 7.99. The van der Waals surface area contributed by atoms with Gasteiger partial charge in [-0.3, -0.25) is 9.59 Å². The Bertz CT molecular complexity index is 1120. The zero-order chi connectivity index (χ0) is 23.1. The summed E-state index contributed by atoms with van der Waals surface area (Å²) in [5.74, 6) is 0.00466. The van der Waals surface area contributed by atoms with Crippen molar-refractivity contribution in [3.05, 3.63) is 62.8 Å². The fraction of sp³-hybridized carbons (Fsp3) is 0.417. The Morgan fingerprint density at radius 2 is 2.03 bits per heavy atom. The molecule has 0 aliphatic heterocycles. The van der Waals surface area contributed by atoms with Crippen molar-refractivity contribution in [1.29, 1.82) is 0 Å². The first kappa shape index (κ1) is 24.4. The van der Waals surface area contributed by atoms with E-state index in [1.54, 1.807) is 12.1 Å². The number of aromatic hydroxyl groups is 1. The van der Waals surface area contributed by atoms with Crippen LogP contribution in [0.2, 0.25) is 0 Å². The maximum absolute atomic E-state index is 12.4. The van der Waals surface area contributed by atoms with Crippen molar-refractivity contribution >= 4 is 39.2 Å². The predicted molar refractivity (Wildman–Crippen MR) is 133 cm³/mol. The normalized spacial score (nSPS) is 11.7. The molecule has 32 heavy (non-hydrogen) atoms. The molecule has 0 radical (unpaired) electrons. The third-order valence-corrected chi connectivity index (χ3v) is 7.65. The van der Waals surface area contributed by atoms with Crippen LogP contribution in [0.5, 0.6) is 5.75 Å². The number of thiazole rings is 1. The molecule has 172 valence electrons. The molecule has 2 aromatic carbocycles. The minimum absolute atomic E-state index is 0.0536. The van der Waals surface area contributed by atoms with Gasteiger partial charge in [0.2, 0.25) is 5.91 Å². The number of rotatable bonds is 11. The van der Waals surface area contributed by atoms with E-state index in [0.29, 0.717) is 38.1 Å². The summed E-state index contributed by atoms with van der Waals surface area (Å²) in [7, 11) is 0. The average Bonchev–Trinajstić information content (AvgIpc) is 3.16. The standard InChI is InChI=1S/C24H30N2O4S2/c1-24(2,31-3)10-12-30-15-17-6-4-5-16(13-17)14-20(28)25-11-9-18-7-8-19(27)21-22(18)32-23(29)26-21/h4-8,13,27H,9-12,14-15H2,1-3H3,(H,25,28)(H,26,29). The van der Waals surface area contributed by atoms with Gasteiger partial charge >= 0.3 is 4.87 Å². The van der Waals surface area contributed by atoms with E-state index in [0.717, 1.165) is 39.1 Å². The summed E-state index contributed by atoms with van der Waals surface area (Å²) in [5, 5.41) is 12.8. The van der Waals surface area contributed by atoms with Gasteiger partial charge in [-0.15, -0.1) is 0 Å². The Morgan fingerprint density at radius 1 is 1.25 bits per heavy atom. The van der Waals surface area contributed by atoms with Crippen LogP contribution in [0.1, 0.15) is 37.0 Å². The highest BCUT2D eigenvalue weighted by Crippen LogP contribution is 2.28. The van der Waals surface area contributed by atoms with Crippen molar-refractivity contribution < 1.29 is 14.6 Å². The summed E-state index contributed by atoms with van der Waals surface area (Å²) in [6.45, 7) is 6.13. The van der Waals surface area contributed by atoms with Gasteiger partial charge in [0, 0.05) is 17.9 Å². The maximum Gasteiger partial charge on any atom is 0.305 e. The third kappa shape index (κ3) is 6.85. The van der Waals surface area contributed by atoms with Crippen LogP contribution in [0.25, 0.3) is 10.2 Å². The summed E-state index contributed by atoms with van der Waals surface area (Å²) in [4.78, 5) is 26.5. The van der Waals surface area contributed by atoms with Gasteiger partial charge in [-0.2, -0.15) is 11.8 Å². The molecular formula is C24H30N2O4S2. The monoisotopic (exact) mass is 474 g/mol. The van der Waals surface area contributed by atoms with Crippen LogP contribution in [0.15, 0.2) is 41.2 Å². The molecule has 0 aliphatic rings. The van der Waals surface area contributed by atoms with Crippen LogP contribution in [0.3, 0.4) is 0 Å². The Hall–Kier alpha value is -2.29. The number of phenolic OH excluding ortho intramolecular Hbond substituents is 1. The first-order chi connectivity index (χ1) is 15.3. The van der Waals surface area contributed by atoms with Crippen LogP contribution in [-0.4, -0.2) is 40.2 Å². The smallest absolute Gasteiger partial charge is 0.305 e. The van der Waals surface area contributed by atoms with Gasteiger partial charge < -0.3 is 20.1 Å². The minimum Gasteiger partial charge on any atom is -0.506 e. The quantitative estimate of drug-likeness (QED) is 0.362. The fourth-order valence-corrected chi connectivity index (χ4v) is 4.48. The summed E-state index contributed by atoms with van der Waals surface area (Å²) < 4.78 is 6.77. The number of H-pyrrole nitrogens is 1. The number of phenols is 1. The SMILES string of the molecule is CSC(C)(C)CCOCc1cccc(CC(=O)NCCc2ccc(O)c3[nH]c(=O)sc23)c1. The van der Waals surface area contributed by atoms with Crippen LogP contribution < -0.4 is 10.2 Å². The number of ether oxygens (including phenoxy) is 1. The zero-order valence-electron chi connectivity index (χ0n) is 18.7. The molecule has 1 heterocycles. The fourth-order valence-electron chi connectivity index (χ4n) is 3.29. The molecule has 0 unspecified atom stereocenters. The minimum atomic E-state index is -0.205. The lowest BCUT2D eigenvalue weighted by Gasteiger charge is -2.21. The van der Waals surface area contributed by atoms with E-state index in [1.807, 2.05) is 36.0 Å². The number of benzene rings is 2. The molecule has 0 saturated heterocycles. The van der Waals surface area contributed by atoms with Crippen molar-refractivity contribution in [3.8, 4) is 5.75 Å². The Balaban J connectivity index is 1.47. The number of aromatic amines is 1. The summed E-state index contributed by atoms with van der Waals surface area (Å²) in [6.07, 6.45) is 3.98. The Kier molecular flexibility index (Phi) is 8.39. The van der Waals surface area contributed by atoms with E-state index in [4.69, 9.17) is 4.74 Å². The highest BCUT2D eigenvalue weighted by atomic mass is 32.2. The van der Waals surface area contributed by atoms with E-state index in [2.05, 4.69) is 30.4 Å². The number of hydrogen-bond donors (Lipinski definition) is 3. The second kappa shape index (κ2) is 11.0. The van der Waals surface area contributed by atoms with E-state index in [1.165, 1.54) is 0 Å². The summed E-state index contributed by atoms with van der Waals surface area (Å²) in [6, 6.07) is 11.3. The largest absolute Gasteiger partial charge is 0.506 e. The van der Waals surface area contributed by atoms with Crippen LogP contribution in [-0.2, 0) is 29.0 Å². The van der Waals surface area contributed by atoms with Crippen molar-refractivity contribution in [2.45, 2.75) is 44.5 Å². The van der Waals surface area contributed by atoms with Crippen molar-refractivity contribution in [1.82, 2.24) is 10.3 Å². The number of hydrogen-bond acceptors (Lipinski definition) is 6. The van der Waals surface area contributed by atoms with Gasteiger partial charge in [-0.05, 0) is 41.9 Å². The predicted octanol–water partition coefficient (Wildman–Crippen LogP) is 4.24. The van der Waals surface area contributed by atoms with Crippen LogP contribution in [0, 0.1) is 0 Å². The lowest BCUT2D eigenvalue weighted by Crippen LogP contribution is -2.27. The second-order valence-corrected chi connectivity index (χ2v) is 10.8. The van der Waals surface area contributed by atoms with Gasteiger partial charge in [0.15, 0.2) is 0 Å². The van der Waals surface area contributed by atoms with Gasteiger partial charge in [-0.25, -0.2) is 0 Å². The number of aromatic nitrogens is 1. The lowest BCUT2D eigenvalue weighted by atomic mass is 10.1. The number of amides is 1. The summed E-state index contributed by atoms with van der Waals surface area (Å²) in [5.41, 5.74) is 3.39. The van der Waals surface area contributed by atoms with E-state index in [9.17, 15) is 14.7 Å². The molecule has 3 rings (SSSR count). The first-order valence-electron chi connectivity index (χ1n) is 10.6. The molecule has 0 saturated carbocycles. The van der Waals surface area contributed by atoms with Crippen LogP contribution >= 0.6 is 23.1 Å².